The zero-order chi connectivity index (χ0) is 12.5. The number of likely N-dealkylation sites (N-methyl/N-ethyl adjacent to an activating group) is 1. The lowest BCUT2D eigenvalue weighted by molar-refractivity contribution is 0.0938. The summed E-state index contributed by atoms with van der Waals surface area (Å²) in [5, 5.41) is 3.07. The van der Waals surface area contributed by atoms with Crippen molar-refractivity contribution in [1.29, 1.82) is 0 Å². The van der Waals surface area contributed by atoms with Crippen LogP contribution in [0.4, 0.5) is 0 Å². The highest BCUT2D eigenvalue weighted by atomic mass is 16.1. The van der Waals surface area contributed by atoms with Crippen molar-refractivity contribution in [2.45, 2.75) is 12.5 Å². The first-order chi connectivity index (χ1) is 8.72. The van der Waals surface area contributed by atoms with Crippen molar-refractivity contribution >= 4 is 16.9 Å². The van der Waals surface area contributed by atoms with Crippen LogP contribution in [-0.2, 0) is 0 Å². The molecule has 18 heavy (non-hydrogen) atoms. The van der Waals surface area contributed by atoms with Crippen LogP contribution in [0.3, 0.4) is 0 Å². The fourth-order valence-electron chi connectivity index (χ4n) is 2.40. The van der Waals surface area contributed by atoms with Gasteiger partial charge in [-0.2, -0.15) is 0 Å². The number of benzene rings is 1. The predicted octanol–water partition coefficient (Wildman–Crippen LogP) is 0.997. The third-order valence-corrected chi connectivity index (χ3v) is 3.41. The summed E-state index contributed by atoms with van der Waals surface area (Å²) < 4.78 is 0. The smallest absolute Gasteiger partial charge is 0.251 e. The monoisotopic (exact) mass is 244 g/mol. The van der Waals surface area contributed by atoms with Crippen molar-refractivity contribution in [2.24, 2.45) is 0 Å². The summed E-state index contributed by atoms with van der Waals surface area (Å²) in [5.41, 5.74) is 2.46. The van der Waals surface area contributed by atoms with E-state index in [2.05, 4.69) is 27.2 Å². The van der Waals surface area contributed by atoms with Crippen molar-refractivity contribution < 1.29 is 4.79 Å². The molecule has 0 spiro atoms. The number of aromatic nitrogens is 2. The number of imidazole rings is 1. The fraction of sp³-hybridized carbons (Fsp3) is 0.385. The Kier molecular flexibility index (Phi) is 2.76. The minimum absolute atomic E-state index is 0.00759. The normalized spacial score (nSPS) is 20.4. The minimum Gasteiger partial charge on any atom is -0.348 e. The number of rotatable bonds is 2. The van der Waals surface area contributed by atoms with Gasteiger partial charge in [0.05, 0.1) is 17.4 Å². The molecule has 1 aliphatic rings. The Bertz CT molecular complexity index is 577. The van der Waals surface area contributed by atoms with Crippen LogP contribution in [0.25, 0.3) is 11.0 Å². The Morgan fingerprint density at radius 3 is 3.22 bits per heavy atom. The second-order valence-corrected chi connectivity index (χ2v) is 4.86. The van der Waals surface area contributed by atoms with Gasteiger partial charge in [0.25, 0.3) is 5.91 Å². The van der Waals surface area contributed by atoms with Crippen LogP contribution >= 0.6 is 0 Å². The molecule has 0 aliphatic carbocycles. The number of hydrogen-bond donors (Lipinski definition) is 2. The molecule has 5 heteroatoms. The summed E-state index contributed by atoms with van der Waals surface area (Å²) in [5.74, 6) is -0.00759. The van der Waals surface area contributed by atoms with E-state index in [0.29, 0.717) is 5.56 Å². The molecule has 94 valence electrons. The highest BCUT2D eigenvalue weighted by molar-refractivity contribution is 5.97. The van der Waals surface area contributed by atoms with E-state index in [1.807, 2.05) is 18.2 Å². The minimum atomic E-state index is -0.00759. The van der Waals surface area contributed by atoms with Gasteiger partial charge in [0.1, 0.15) is 0 Å². The lowest BCUT2D eigenvalue weighted by Gasteiger charge is -2.12. The molecule has 1 aliphatic heterocycles. The summed E-state index contributed by atoms with van der Waals surface area (Å²) in [6.45, 7) is 1.97. The maximum atomic E-state index is 12.1. The van der Waals surface area contributed by atoms with Gasteiger partial charge in [0.2, 0.25) is 0 Å². The zero-order valence-electron chi connectivity index (χ0n) is 10.3. The molecule has 1 aromatic heterocycles. The molecule has 0 unspecified atom stereocenters. The molecule has 5 nitrogen and oxygen atoms in total. The van der Waals surface area contributed by atoms with Crippen LogP contribution in [0.2, 0.25) is 0 Å². The van der Waals surface area contributed by atoms with Crippen LogP contribution in [0.5, 0.6) is 0 Å². The Labute approximate surface area is 105 Å². The van der Waals surface area contributed by atoms with E-state index < -0.39 is 0 Å². The summed E-state index contributed by atoms with van der Waals surface area (Å²) >= 11 is 0. The third-order valence-electron chi connectivity index (χ3n) is 3.41. The first kappa shape index (κ1) is 11.2. The second-order valence-electron chi connectivity index (χ2n) is 4.86. The third kappa shape index (κ3) is 2.09. The fourth-order valence-corrected chi connectivity index (χ4v) is 2.40. The number of nitrogens with one attached hydrogen (secondary N) is 2. The van der Waals surface area contributed by atoms with E-state index >= 15 is 0 Å². The zero-order valence-corrected chi connectivity index (χ0v) is 10.3. The molecule has 3 rings (SSSR count). The summed E-state index contributed by atoms with van der Waals surface area (Å²) in [7, 11) is 2.07. The van der Waals surface area contributed by atoms with E-state index in [-0.39, 0.29) is 11.9 Å². The van der Waals surface area contributed by atoms with E-state index in [1.54, 1.807) is 6.33 Å². The molecule has 1 aromatic carbocycles. The van der Waals surface area contributed by atoms with Crippen molar-refractivity contribution in [3.8, 4) is 0 Å². The number of H-pyrrole nitrogens is 1. The number of likely N-dealkylation sites (tertiary alicyclic amines) is 1. The topological polar surface area (TPSA) is 61.0 Å². The number of hydrogen-bond acceptors (Lipinski definition) is 3. The van der Waals surface area contributed by atoms with Crippen molar-refractivity contribution in [3.63, 3.8) is 0 Å². The van der Waals surface area contributed by atoms with Crippen LogP contribution in [0, 0.1) is 0 Å². The molecule has 1 amide bonds. The van der Waals surface area contributed by atoms with Gasteiger partial charge in [0.15, 0.2) is 0 Å². The molecular formula is C13H16N4O. The number of amides is 1. The first-order valence-corrected chi connectivity index (χ1v) is 6.15. The van der Waals surface area contributed by atoms with Gasteiger partial charge in [-0.05, 0) is 38.2 Å². The maximum Gasteiger partial charge on any atom is 0.251 e. The Morgan fingerprint density at radius 1 is 1.56 bits per heavy atom. The summed E-state index contributed by atoms with van der Waals surface area (Å²) in [6.07, 6.45) is 2.66. The molecule has 1 saturated heterocycles. The van der Waals surface area contributed by atoms with E-state index in [9.17, 15) is 4.79 Å². The molecule has 1 fully saturated rings. The van der Waals surface area contributed by atoms with Gasteiger partial charge in [-0.1, -0.05) is 0 Å². The lowest BCUT2D eigenvalue weighted by atomic mass is 10.1. The standard InChI is InChI=1S/C13H16N4O/c1-17-5-4-10(7-17)16-13(18)9-2-3-11-12(6-9)15-8-14-11/h2-3,6,8,10H,4-5,7H2,1H3,(H,14,15)(H,16,18)/t10-/m0/s1. The maximum absolute atomic E-state index is 12.1. The van der Waals surface area contributed by atoms with E-state index in [1.165, 1.54) is 0 Å². The van der Waals surface area contributed by atoms with Crippen LogP contribution in [-0.4, -0.2) is 47.0 Å². The average molecular weight is 244 g/mol. The van der Waals surface area contributed by atoms with Crippen molar-refractivity contribution in [2.75, 3.05) is 20.1 Å². The number of carbonyl (C=O) groups excluding carboxylic acids is 1. The van der Waals surface area contributed by atoms with E-state index in [0.717, 1.165) is 30.5 Å². The Balaban J connectivity index is 1.75. The average Bonchev–Trinajstić information content (AvgIpc) is 2.96. The largest absolute Gasteiger partial charge is 0.348 e. The highest BCUT2D eigenvalue weighted by Crippen LogP contribution is 2.13. The number of carbonyl (C=O) groups is 1. The number of fused-ring (bicyclic) bond motifs is 1. The number of nitrogens with zero attached hydrogens (tertiary/aromatic N) is 2. The van der Waals surface area contributed by atoms with Gasteiger partial charge in [-0.25, -0.2) is 4.98 Å². The van der Waals surface area contributed by atoms with Crippen molar-refractivity contribution in [1.82, 2.24) is 20.2 Å². The Morgan fingerprint density at radius 2 is 2.44 bits per heavy atom. The molecule has 0 saturated carbocycles. The van der Waals surface area contributed by atoms with Gasteiger partial charge < -0.3 is 15.2 Å². The number of aromatic amines is 1. The van der Waals surface area contributed by atoms with Gasteiger partial charge in [0, 0.05) is 18.2 Å². The van der Waals surface area contributed by atoms with Crippen molar-refractivity contribution in [3.05, 3.63) is 30.1 Å². The molecule has 0 radical (unpaired) electrons. The van der Waals surface area contributed by atoms with Gasteiger partial charge in [-0.15, -0.1) is 0 Å². The molecular weight excluding hydrogens is 228 g/mol. The van der Waals surface area contributed by atoms with Crippen LogP contribution in [0.15, 0.2) is 24.5 Å². The summed E-state index contributed by atoms with van der Waals surface area (Å²) in [4.78, 5) is 21.5. The van der Waals surface area contributed by atoms with E-state index in [4.69, 9.17) is 0 Å². The predicted molar refractivity (Wildman–Crippen MR) is 69.5 cm³/mol. The first-order valence-electron chi connectivity index (χ1n) is 6.15. The van der Waals surface area contributed by atoms with Gasteiger partial charge in [-0.3, -0.25) is 4.79 Å². The van der Waals surface area contributed by atoms with Gasteiger partial charge >= 0.3 is 0 Å². The lowest BCUT2D eigenvalue weighted by Crippen LogP contribution is -2.36. The molecule has 2 aromatic rings. The van der Waals surface area contributed by atoms with Crippen LogP contribution in [0.1, 0.15) is 16.8 Å². The quantitative estimate of drug-likeness (QED) is 0.828. The SMILES string of the molecule is CN1CC[C@H](NC(=O)c2ccc3nc[nH]c3c2)C1. The molecule has 2 N–H and O–H groups in total. The second kappa shape index (κ2) is 4.42. The van der Waals surface area contributed by atoms with Crippen LogP contribution < -0.4 is 5.32 Å². The molecule has 2 heterocycles. The highest BCUT2D eigenvalue weighted by Gasteiger charge is 2.21. The summed E-state index contributed by atoms with van der Waals surface area (Å²) in [6, 6.07) is 5.79. The Hall–Kier alpha value is -1.88. The molecule has 1 atom stereocenters. The molecule has 0 bridgehead atoms.